The van der Waals surface area contributed by atoms with Gasteiger partial charge in [-0.15, -0.1) is 0 Å². The highest BCUT2D eigenvalue weighted by Crippen LogP contribution is 2.53. The van der Waals surface area contributed by atoms with Crippen molar-refractivity contribution in [1.29, 1.82) is 0 Å². The maximum Gasteiger partial charge on any atom is 0.1000 e. The van der Waals surface area contributed by atoms with Crippen molar-refractivity contribution in [1.82, 2.24) is 4.90 Å². The van der Waals surface area contributed by atoms with E-state index in [1.807, 2.05) is 0 Å². The van der Waals surface area contributed by atoms with Gasteiger partial charge in [-0.25, -0.2) is 0 Å². The monoisotopic (exact) mass is 244 g/mol. The largest absolute Gasteiger partial charge is 0.346 e. The summed E-state index contributed by atoms with van der Waals surface area (Å²) < 4.78 is 0. The Hall–Kier alpha value is -2.35. The molecule has 3 heterocycles. The van der Waals surface area contributed by atoms with Crippen molar-refractivity contribution < 1.29 is 0 Å². The van der Waals surface area contributed by atoms with E-state index < -0.39 is 0 Å². The number of nitrogens with zero attached hydrogens (tertiary/aromatic N) is 2. The van der Waals surface area contributed by atoms with Gasteiger partial charge in [-0.1, -0.05) is 36.4 Å². The molecule has 0 saturated heterocycles. The summed E-state index contributed by atoms with van der Waals surface area (Å²) in [5, 5.41) is 0. The zero-order chi connectivity index (χ0) is 12.4. The molecule has 0 fully saturated rings. The molecular weight excluding hydrogens is 232 g/mol. The summed E-state index contributed by atoms with van der Waals surface area (Å²) in [5.74, 6) is 0. The molecule has 1 unspecified atom stereocenters. The number of allylic oxidation sites excluding steroid dienone is 5. The second-order valence-corrected chi connectivity index (χ2v) is 5.33. The fourth-order valence-electron chi connectivity index (χ4n) is 3.66. The number of aliphatic imine (C=N–C) groups is 1. The molecule has 0 aromatic heterocycles. The van der Waals surface area contributed by atoms with E-state index >= 15 is 0 Å². The van der Waals surface area contributed by atoms with Crippen LogP contribution in [0.15, 0.2) is 77.1 Å². The van der Waals surface area contributed by atoms with Gasteiger partial charge in [0.25, 0.3) is 0 Å². The molecule has 2 nitrogen and oxygen atoms in total. The van der Waals surface area contributed by atoms with Gasteiger partial charge < -0.3 is 4.90 Å². The zero-order valence-electron chi connectivity index (χ0n) is 10.4. The molecule has 0 radical (unpaired) electrons. The predicted molar refractivity (Wildman–Crippen MR) is 76.4 cm³/mol. The van der Waals surface area contributed by atoms with E-state index in [1.165, 1.54) is 16.8 Å². The van der Waals surface area contributed by atoms with Crippen LogP contribution in [-0.2, 0) is 5.41 Å². The smallest absolute Gasteiger partial charge is 0.1000 e. The minimum Gasteiger partial charge on any atom is -0.346 e. The van der Waals surface area contributed by atoms with E-state index in [0.717, 1.165) is 17.9 Å². The fraction of sp³-hybridized carbons (Fsp3) is 0.118. The third-order valence-corrected chi connectivity index (χ3v) is 4.43. The van der Waals surface area contributed by atoms with Crippen LogP contribution in [0.4, 0.5) is 5.69 Å². The molecule has 5 rings (SSSR count). The van der Waals surface area contributed by atoms with Gasteiger partial charge in [-0.05, 0) is 29.4 Å². The molecular formula is C17H12N2. The fourth-order valence-corrected chi connectivity index (χ4v) is 3.66. The van der Waals surface area contributed by atoms with Gasteiger partial charge in [-0.3, -0.25) is 4.99 Å². The van der Waals surface area contributed by atoms with Crippen LogP contribution in [0, 0.1) is 0 Å². The normalized spacial score (nSPS) is 28.4. The molecule has 19 heavy (non-hydrogen) atoms. The summed E-state index contributed by atoms with van der Waals surface area (Å²) in [6.07, 6.45) is 13.3. The van der Waals surface area contributed by atoms with Crippen LogP contribution in [0.1, 0.15) is 5.56 Å². The van der Waals surface area contributed by atoms with Crippen molar-refractivity contribution in [2.24, 2.45) is 4.99 Å². The first-order chi connectivity index (χ1) is 9.39. The van der Waals surface area contributed by atoms with Crippen LogP contribution >= 0.6 is 0 Å². The molecule has 0 bridgehead atoms. The van der Waals surface area contributed by atoms with Gasteiger partial charge in [0.2, 0.25) is 0 Å². The van der Waals surface area contributed by atoms with Gasteiger partial charge in [-0.2, -0.15) is 0 Å². The maximum atomic E-state index is 4.83. The molecule has 1 aromatic rings. The Morgan fingerprint density at radius 2 is 2.05 bits per heavy atom. The zero-order valence-corrected chi connectivity index (χ0v) is 10.4. The van der Waals surface area contributed by atoms with E-state index in [1.54, 1.807) is 0 Å². The lowest BCUT2D eigenvalue weighted by molar-refractivity contribution is 0.493. The summed E-state index contributed by atoms with van der Waals surface area (Å²) in [6.45, 7) is 0.959. The molecule has 90 valence electrons. The molecule has 2 heteroatoms. The SMILES string of the molecule is C1=CC2=C3N(C=CC34C(=Nc3ccccc34)C=C2)C1. The number of benzene rings is 1. The average Bonchev–Trinajstić information content (AvgIpc) is 3.00. The van der Waals surface area contributed by atoms with Crippen LogP contribution in [0.2, 0.25) is 0 Å². The minimum atomic E-state index is -0.133. The van der Waals surface area contributed by atoms with Crippen LogP contribution in [0.3, 0.4) is 0 Å². The third kappa shape index (κ3) is 0.942. The summed E-state index contributed by atoms with van der Waals surface area (Å²) >= 11 is 0. The first kappa shape index (κ1) is 9.56. The van der Waals surface area contributed by atoms with Crippen LogP contribution < -0.4 is 0 Å². The third-order valence-electron chi connectivity index (χ3n) is 4.43. The van der Waals surface area contributed by atoms with E-state index in [9.17, 15) is 0 Å². The summed E-state index contributed by atoms with van der Waals surface area (Å²) in [5.41, 5.74) is 6.13. The van der Waals surface area contributed by atoms with Gasteiger partial charge in [0.15, 0.2) is 0 Å². The molecule has 0 N–H and O–H groups in total. The first-order valence-electron chi connectivity index (χ1n) is 6.64. The highest BCUT2D eigenvalue weighted by molar-refractivity contribution is 6.14. The minimum absolute atomic E-state index is 0.133. The Balaban J connectivity index is 1.90. The van der Waals surface area contributed by atoms with Gasteiger partial charge in [0.05, 0.1) is 16.8 Å². The number of hydrogen-bond acceptors (Lipinski definition) is 2. The first-order valence-corrected chi connectivity index (χ1v) is 6.64. The van der Waals surface area contributed by atoms with Gasteiger partial charge in [0.1, 0.15) is 0 Å². The van der Waals surface area contributed by atoms with Crippen molar-refractivity contribution in [3.63, 3.8) is 0 Å². The van der Waals surface area contributed by atoms with Crippen molar-refractivity contribution in [2.45, 2.75) is 5.41 Å². The van der Waals surface area contributed by atoms with Crippen molar-refractivity contribution in [3.05, 3.63) is 77.7 Å². The van der Waals surface area contributed by atoms with Crippen molar-refractivity contribution >= 4 is 11.4 Å². The highest BCUT2D eigenvalue weighted by Gasteiger charge is 2.50. The Bertz CT molecular complexity index is 761. The van der Waals surface area contributed by atoms with E-state index in [0.29, 0.717) is 0 Å². The number of rotatable bonds is 0. The van der Waals surface area contributed by atoms with Crippen molar-refractivity contribution in [2.75, 3.05) is 6.54 Å². The molecule has 0 saturated carbocycles. The topological polar surface area (TPSA) is 15.6 Å². The summed E-state index contributed by atoms with van der Waals surface area (Å²) in [7, 11) is 0. The Kier molecular flexibility index (Phi) is 1.49. The molecule has 1 atom stereocenters. The second kappa shape index (κ2) is 2.97. The highest BCUT2D eigenvalue weighted by atomic mass is 15.2. The molecule has 1 spiro atoms. The second-order valence-electron chi connectivity index (χ2n) is 5.33. The molecule has 1 aliphatic carbocycles. The lowest BCUT2D eigenvalue weighted by atomic mass is 9.71. The average molecular weight is 244 g/mol. The standard InChI is InChI=1S/C17H12N2/c1-2-6-14-13(5-1)17-9-11-19-10-3-4-12(16(17)19)7-8-15(17)18-14/h1-9,11H,10H2. The maximum absolute atomic E-state index is 4.83. The number of para-hydroxylation sites is 1. The van der Waals surface area contributed by atoms with Crippen LogP contribution in [-0.4, -0.2) is 17.2 Å². The van der Waals surface area contributed by atoms with Crippen LogP contribution in [0.25, 0.3) is 0 Å². The van der Waals surface area contributed by atoms with E-state index in [-0.39, 0.29) is 5.41 Å². The lowest BCUT2D eigenvalue weighted by Gasteiger charge is -2.35. The quantitative estimate of drug-likeness (QED) is 0.684. The van der Waals surface area contributed by atoms with Crippen LogP contribution in [0.5, 0.6) is 0 Å². The molecule has 0 amide bonds. The Labute approximate surface area is 111 Å². The van der Waals surface area contributed by atoms with Gasteiger partial charge in [0, 0.05) is 18.4 Å². The summed E-state index contributed by atoms with van der Waals surface area (Å²) in [4.78, 5) is 7.17. The molecule has 4 aliphatic rings. The van der Waals surface area contributed by atoms with Crippen molar-refractivity contribution in [3.8, 4) is 0 Å². The molecule has 1 aromatic carbocycles. The van der Waals surface area contributed by atoms with E-state index in [4.69, 9.17) is 4.99 Å². The summed E-state index contributed by atoms with van der Waals surface area (Å²) in [6, 6.07) is 8.49. The number of fused-ring (bicyclic) bond motifs is 1. The Morgan fingerprint density at radius 3 is 3.05 bits per heavy atom. The van der Waals surface area contributed by atoms with E-state index in [2.05, 4.69) is 65.7 Å². The lowest BCUT2D eigenvalue weighted by Crippen LogP contribution is -2.38. The number of hydrogen-bond donors (Lipinski definition) is 0. The predicted octanol–water partition coefficient (Wildman–Crippen LogP) is 3.23. The Morgan fingerprint density at radius 1 is 1.11 bits per heavy atom. The van der Waals surface area contributed by atoms with Gasteiger partial charge >= 0.3 is 0 Å². The molecule has 3 aliphatic heterocycles.